The molecule has 158 valence electrons. The lowest BCUT2D eigenvalue weighted by Gasteiger charge is -2.37. The van der Waals surface area contributed by atoms with Crippen LogP contribution in [-0.2, 0) is 0 Å². The number of halogens is 2. The molecule has 2 fully saturated rings. The number of alkyl halides is 2. The molecular weight excluding hydrogens is 376 g/mol. The first-order valence-electron chi connectivity index (χ1n) is 10.4. The largest absolute Gasteiger partial charge is 0.388 e. The van der Waals surface area contributed by atoms with Gasteiger partial charge in [-0.1, -0.05) is 12.1 Å². The molecule has 1 amide bonds. The Morgan fingerprint density at radius 3 is 2.62 bits per heavy atom. The first kappa shape index (κ1) is 20.3. The normalized spacial score (nSPS) is 25.9. The predicted octanol–water partition coefficient (Wildman–Crippen LogP) is 3.56. The van der Waals surface area contributed by atoms with Crippen molar-refractivity contribution in [1.29, 1.82) is 0 Å². The SMILES string of the molecule is Cc1cccc2[nH]c(C(=O)N3CCC[C@](O)(CN4CCC(F)(F)CC4)CC3)cc12. The summed E-state index contributed by atoms with van der Waals surface area (Å²) in [7, 11) is 0. The van der Waals surface area contributed by atoms with E-state index < -0.39 is 11.5 Å². The molecular formula is C22H29F2N3O2. The van der Waals surface area contributed by atoms with Crippen LogP contribution in [0.4, 0.5) is 8.78 Å². The maximum atomic E-state index is 13.4. The van der Waals surface area contributed by atoms with Crippen LogP contribution >= 0.6 is 0 Å². The Kier molecular flexibility index (Phi) is 5.38. The lowest BCUT2D eigenvalue weighted by Crippen LogP contribution is -2.48. The summed E-state index contributed by atoms with van der Waals surface area (Å²) < 4.78 is 26.8. The third-order valence-electron chi connectivity index (χ3n) is 6.42. The minimum absolute atomic E-state index is 0.0533. The molecule has 4 rings (SSSR count). The van der Waals surface area contributed by atoms with Crippen molar-refractivity contribution >= 4 is 16.8 Å². The van der Waals surface area contributed by atoms with Crippen LogP contribution in [0.3, 0.4) is 0 Å². The van der Waals surface area contributed by atoms with E-state index in [0.717, 1.165) is 16.5 Å². The molecule has 7 heteroatoms. The van der Waals surface area contributed by atoms with E-state index in [4.69, 9.17) is 0 Å². The molecule has 29 heavy (non-hydrogen) atoms. The number of carbonyl (C=O) groups is 1. The van der Waals surface area contributed by atoms with E-state index in [-0.39, 0.29) is 18.7 Å². The summed E-state index contributed by atoms with van der Waals surface area (Å²) >= 11 is 0. The van der Waals surface area contributed by atoms with Gasteiger partial charge in [-0.2, -0.15) is 0 Å². The van der Waals surface area contributed by atoms with Crippen molar-refractivity contribution in [3.8, 4) is 0 Å². The quantitative estimate of drug-likeness (QED) is 0.821. The second-order valence-electron chi connectivity index (χ2n) is 8.72. The first-order valence-corrected chi connectivity index (χ1v) is 10.4. The highest BCUT2D eigenvalue weighted by Crippen LogP contribution is 2.31. The number of aryl methyl sites for hydroxylation is 1. The van der Waals surface area contributed by atoms with Gasteiger partial charge in [0.25, 0.3) is 11.8 Å². The highest BCUT2D eigenvalue weighted by molar-refractivity contribution is 5.98. The topological polar surface area (TPSA) is 59.6 Å². The van der Waals surface area contributed by atoms with Gasteiger partial charge in [-0.15, -0.1) is 0 Å². The number of benzene rings is 1. The zero-order chi connectivity index (χ0) is 20.6. The van der Waals surface area contributed by atoms with Gasteiger partial charge in [-0.3, -0.25) is 4.79 Å². The van der Waals surface area contributed by atoms with Crippen LogP contribution in [0, 0.1) is 6.92 Å². The fraction of sp³-hybridized carbons (Fsp3) is 0.591. The monoisotopic (exact) mass is 405 g/mol. The van der Waals surface area contributed by atoms with Gasteiger partial charge in [0.1, 0.15) is 5.69 Å². The number of fused-ring (bicyclic) bond motifs is 1. The molecule has 2 aliphatic heterocycles. The Morgan fingerprint density at radius 1 is 1.14 bits per heavy atom. The summed E-state index contributed by atoms with van der Waals surface area (Å²) in [5.41, 5.74) is 1.70. The van der Waals surface area contributed by atoms with Crippen LogP contribution in [0.15, 0.2) is 24.3 Å². The Morgan fingerprint density at radius 2 is 1.90 bits per heavy atom. The molecule has 5 nitrogen and oxygen atoms in total. The highest BCUT2D eigenvalue weighted by atomic mass is 19.3. The number of nitrogens with one attached hydrogen (secondary N) is 1. The molecule has 2 N–H and O–H groups in total. The van der Waals surface area contributed by atoms with E-state index in [9.17, 15) is 18.7 Å². The van der Waals surface area contributed by atoms with E-state index in [2.05, 4.69) is 4.98 Å². The van der Waals surface area contributed by atoms with Crippen molar-refractivity contribution in [2.45, 2.75) is 50.6 Å². The number of aromatic amines is 1. The van der Waals surface area contributed by atoms with Gasteiger partial charge >= 0.3 is 0 Å². The minimum Gasteiger partial charge on any atom is -0.388 e. The van der Waals surface area contributed by atoms with Crippen molar-refractivity contribution in [2.24, 2.45) is 0 Å². The van der Waals surface area contributed by atoms with Crippen molar-refractivity contribution in [2.75, 3.05) is 32.7 Å². The second kappa shape index (κ2) is 7.69. The zero-order valence-electron chi connectivity index (χ0n) is 16.9. The Bertz CT molecular complexity index is 887. The standard InChI is InChI=1S/C22H29F2N3O2/c1-16-4-2-5-18-17(16)14-19(25-18)20(28)27-10-3-6-21(29,7-13-27)15-26-11-8-22(23,24)9-12-26/h2,4-5,14,25,29H,3,6-13,15H2,1H3/t21-/m1/s1. The molecule has 0 saturated carbocycles. The third kappa shape index (κ3) is 4.46. The summed E-state index contributed by atoms with van der Waals surface area (Å²) in [5, 5.41) is 12.1. The summed E-state index contributed by atoms with van der Waals surface area (Å²) in [5.74, 6) is -2.63. The van der Waals surface area contributed by atoms with E-state index in [1.165, 1.54) is 0 Å². The van der Waals surface area contributed by atoms with Gasteiger partial charge in [0.2, 0.25) is 0 Å². The van der Waals surface area contributed by atoms with Crippen LogP contribution < -0.4 is 0 Å². The van der Waals surface area contributed by atoms with Gasteiger partial charge < -0.3 is 19.9 Å². The zero-order valence-corrected chi connectivity index (χ0v) is 16.9. The summed E-state index contributed by atoms with van der Waals surface area (Å²) in [4.78, 5) is 20.0. The fourth-order valence-corrected chi connectivity index (χ4v) is 4.59. The van der Waals surface area contributed by atoms with Crippen molar-refractivity contribution < 1.29 is 18.7 Å². The van der Waals surface area contributed by atoms with Crippen LogP contribution in [0.2, 0.25) is 0 Å². The summed E-state index contributed by atoms with van der Waals surface area (Å²) in [6.07, 6.45) is 1.45. The van der Waals surface area contributed by atoms with Crippen LogP contribution in [0.5, 0.6) is 0 Å². The number of aliphatic hydroxyl groups is 1. The van der Waals surface area contributed by atoms with Crippen molar-refractivity contribution in [3.63, 3.8) is 0 Å². The molecule has 2 aromatic rings. The number of nitrogens with zero attached hydrogens (tertiary/aromatic N) is 2. The number of H-pyrrole nitrogens is 1. The summed E-state index contributed by atoms with van der Waals surface area (Å²) in [6, 6.07) is 7.85. The van der Waals surface area contributed by atoms with E-state index in [1.54, 1.807) is 4.90 Å². The molecule has 1 aromatic carbocycles. The molecule has 0 aliphatic carbocycles. The van der Waals surface area contributed by atoms with Crippen molar-refractivity contribution in [3.05, 3.63) is 35.5 Å². The number of aromatic nitrogens is 1. The van der Waals surface area contributed by atoms with Gasteiger partial charge in [0.15, 0.2) is 0 Å². The Balaban J connectivity index is 1.40. The average molecular weight is 405 g/mol. The molecule has 0 radical (unpaired) electrons. The lowest BCUT2D eigenvalue weighted by atomic mass is 9.93. The molecule has 3 heterocycles. The highest BCUT2D eigenvalue weighted by Gasteiger charge is 2.38. The number of piperidine rings is 1. The van der Waals surface area contributed by atoms with Crippen LogP contribution in [-0.4, -0.2) is 70.0 Å². The van der Waals surface area contributed by atoms with Crippen LogP contribution in [0.25, 0.3) is 10.9 Å². The predicted molar refractivity (Wildman–Crippen MR) is 108 cm³/mol. The molecule has 0 unspecified atom stereocenters. The maximum Gasteiger partial charge on any atom is 0.270 e. The minimum atomic E-state index is -2.58. The fourth-order valence-electron chi connectivity index (χ4n) is 4.59. The lowest BCUT2D eigenvalue weighted by molar-refractivity contribution is -0.0768. The summed E-state index contributed by atoms with van der Waals surface area (Å²) in [6.45, 7) is 4.10. The smallest absolute Gasteiger partial charge is 0.270 e. The Labute approximate surface area is 169 Å². The molecule has 1 atom stereocenters. The molecule has 2 aliphatic rings. The van der Waals surface area contributed by atoms with E-state index >= 15 is 0 Å². The number of amides is 1. The molecule has 1 aromatic heterocycles. The number of hydrogen-bond donors (Lipinski definition) is 2. The van der Waals surface area contributed by atoms with Crippen molar-refractivity contribution in [1.82, 2.24) is 14.8 Å². The van der Waals surface area contributed by atoms with E-state index in [0.29, 0.717) is 57.7 Å². The number of carbonyl (C=O) groups excluding carboxylic acids is 1. The van der Waals surface area contributed by atoms with Gasteiger partial charge in [-0.25, -0.2) is 8.78 Å². The number of likely N-dealkylation sites (tertiary alicyclic amines) is 2. The molecule has 0 bridgehead atoms. The third-order valence-corrected chi connectivity index (χ3v) is 6.42. The van der Waals surface area contributed by atoms with Gasteiger partial charge in [0, 0.05) is 56.5 Å². The second-order valence-corrected chi connectivity index (χ2v) is 8.72. The number of rotatable bonds is 3. The van der Waals surface area contributed by atoms with Gasteiger partial charge in [0.05, 0.1) is 5.60 Å². The van der Waals surface area contributed by atoms with Crippen LogP contribution in [0.1, 0.15) is 48.2 Å². The number of β-amino-alcohol motifs (C(OH)–C–C–N with tert-alkyl or cyclic N) is 1. The van der Waals surface area contributed by atoms with Gasteiger partial charge in [-0.05, 0) is 43.9 Å². The number of hydrogen-bond acceptors (Lipinski definition) is 3. The average Bonchev–Trinajstić information content (AvgIpc) is 3.02. The molecule has 2 saturated heterocycles. The molecule has 0 spiro atoms. The first-order chi connectivity index (χ1) is 13.7. The Hall–Kier alpha value is -1.99. The maximum absolute atomic E-state index is 13.4. The van der Waals surface area contributed by atoms with E-state index in [1.807, 2.05) is 36.1 Å².